The fourth-order valence-electron chi connectivity index (χ4n) is 5.48. The Bertz CT molecular complexity index is 1610. The standard InChI is InChI=1S/C30H24ClF4N5O3/c1-16-3-2-4-22(31)26(16)27(28(42)38-20-13-30(34,35)14-20)39(21-11-18(32)10-19(33)12-21)29(43)23-5-6-25(41)40(23)24-9-17(15-36)7-8-37-24/h2-4,7-12,20,23,27H,5-6,13-14H2,1H3,(H,38,42)/t23-,27-/m0/s1. The summed E-state index contributed by atoms with van der Waals surface area (Å²) in [6.07, 6.45) is -0.102. The second-order valence-corrected chi connectivity index (χ2v) is 10.9. The molecule has 8 nitrogen and oxygen atoms in total. The third-order valence-corrected chi connectivity index (χ3v) is 7.80. The Kier molecular flexibility index (Phi) is 8.12. The van der Waals surface area contributed by atoms with Crippen molar-refractivity contribution in [2.45, 2.75) is 56.7 Å². The van der Waals surface area contributed by atoms with Gasteiger partial charge in [-0.25, -0.2) is 22.5 Å². The first kappa shape index (κ1) is 30.0. The number of aromatic nitrogens is 1. The van der Waals surface area contributed by atoms with Gasteiger partial charge in [-0.2, -0.15) is 5.26 Å². The zero-order chi connectivity index (χ0) is 31.1. The van der Waals surface area contributed by atoms with Crippen molar-refractivity contribution < 1.29 is 31.9 Å². The van der Waals surface area contributed by atoms with Crippen molar-refractivity contribution in [1.82, 2.24) is 10.3 Å². The molecule has 5 rings (SSSR count). The van der Waals surface area contributed by atoms with Crippen LogP contribution in [0.3, 0.4) is 0 Å². The number of hydrogen-bond donors (Lipinski definition) is 1. The molecule has 1 aliphatic carbocycles. The average Bonchev–Trinajstić information content (AvgIpc) is 3.31. The number of anilines is 2. The van der Waals surface area contributed by atoms with E-state index < -0.39 is 66.2 Å². The summed E-state index contributed by atoms with van der Waals surface area (Å²) < 4.78 is 56.5. The quantitative estimate of drug-likeness (QED) is 0.360. The number of amides is 3. The Morgan fingerprint density at radius 2 is 1.86 bits per heavy atom. The van der Waals surface area contributed by atoms with Crippen LogP contribution >= 0.6 is 11.6 Å². The van der Waals surface area contributed by atoms with Gasteiger partial charge in [-0.05, 0) is 49.2 Å². The molecular formula is C30H24ClF4N5O3. The van der Waals surface area contributed by atoms with Gasteiger partial charge in [0.25, 0.3) is 11.8 Å². The van der Waals surface area contributed by atoms with Crippen LogP contribution in [-0.2, 0) is 14.4 Å². The summed E-state index contributed by atoms with van der Waals surface area (Å²) >= 11 is 6.55. The molecule has 2 aromatic carbocycles. The maximum absolute atomic E-state index is 14.6. The van der Waals surface area contributed by atoms with Crippen molar-refractivity contribution in [1.29, 1.82) is 5.26 Å². The number of rotatable bonds is 7. The lowest BCUT2D eigenvalue weighted by molar-refractivity contribution is -0.133. The van der Waals surface area contributed by atoms with E-state index >= 15 is 0 Å². The predicted molar refractivity (Wildman–Crippen MR) is 148 cm³/mol. The normalized spacial score (nSPS) is 18.5. The second-order valence-electron chi connectivity index (χ2n) is 10.5. The molecule has 2 fully saturated rings. The van der Waals surface area contributed by atoms with Gasteiger partial charge in [-0.1, -0.05) is 23.7 Å². The van der Waals surface area contributed by atoms with E-state index in [2.05, 4.69) is 10.3 Å². The SMILES string of the molecule is Cc1cccc(Cl)c1[C@@H](C(=O)NC1CC(F)(F)C1)N(C(=O)[C@@H]1CCC(=O)N1c1cc(C#N)ccn1)c1cc(F)cc(F)c1. The number of nitrogens with zero attached hydrogens (tertiary/aromatic N) is 4. The van der Waals surface area contributed by atoms with Gasteiger partial charge in [-0.15, -0.1) is 0 Å². The summed E-state index contributed by atoms with van der Waals surface area (Å²) in [6, 6.07) is 7.71. The van der Waals surface area contributed by atoms with Crippen LogP contribution in [0, 0.1) is 29.9 Å². The van der Waals surface area contributed by atoms with E-state index in [0.29, 0.717) is 11.6 Å². The number of aryl methyl sites for hydroxylation is 1. The van der Waals surface area contributed by atoms with Gasteiger partial charge in [0.2, 0.25) is 11.8 Å². The minimum absolute atomic E-state index is 0.00287. The molecule has 3 amide bonds. The van der Waals surface area contributed by atoms with E-state index in [0.717, 1.165) is 21.9 Å². The molecule has 2 atom stereocenters. The summed E-state index contributed by atoms with van der Waals surface area (Å²) in [5.41, 5.74) is 0.343. The van der Waals surface area contributed by atoms with Gasteiger partial charge in [0.05, 0.1) is 17.3 Å². The fourth-order valence-corrected chi connectivity index (χ4v) is 5.80. The van der Waals surface area contributed by atoms with Gasteiger partial charge in [0.1, 0.15) is 29.5 Å². The van der Waals surface area contributed by atoms with Gasteiger partial charge < -0.3 is 5.32 Å². The Labute approximate surface area is 248 Å². The first-order valence-corrected chi connectivity index (χ1v) is 13.7. The van der Waals surface area contributed by atoms with E-state index in [-0.39, 0.29) is 40.5 Å². The van der Waals surface area contributed by atoms with Crippen molar-refractivity contribution in [3.63, 3.8) is 0 Å². The summed E-state index contributed by atoms with van der Waals surface area (Å²) in [5.74, 6) is -7.39. The molecule has 1 N–H and O–H groups in total. The molecule has 1 aliphatic heterocycles. The van der Waals surface area contributed by atoms with Gasteiger partial charge in [0, 0.05) is 48.2 Å². The molecule has 3 aromatic rings. The van der Waals surface area contributed by atoms with Crippen LogP contribution in [0.4, 0.5) is 29.1 Å². The molecule has 2 heterocycles. The lowest BCUT2D eigenvalue weighted by atomic mass is 9.87. The second kappa shape index (κ2) is 11.6. The van der Waals surface area contributed by atoms with Crippen LogP contribution in [0.2, 0.25) is 5.02 Å². The molecule has 0 spiro atoms. The van der Waals surface area contributed by atoms with Crippen LogP contribution in [0.5, 0.6) is 0 Å². The van der Waals surface area contributed by atoms with Crippen molar-refractivity contribution in [3.05, 3.63) is 88.1 Å². The first-order valence-electron chi connectivity index (χ1n) is 13.3. The van der Waals surface area contributed by atoms with Crippen LogP contribution in [-0.4, -0.2) is 40.7 Å². The summed E-state index contributed by atoms with van der Waals surface area (Å²) in [7, 11) is 0. The molecule has 0 bridgehead atoms. The van der Waals surface area contributed by atoms with E-state index in [1.165, 1.54) is 24.4 Å². The summed E-state index contributed by atoms with van der Waals surface area (Å²) in [6.45, 7) is 1.61. The number of hydrogen-bond acceptors (Lipinski definition) is 5. The minimum Gasteiger partial charge on any atom is -0.351 e. The molecule has 1 saturated carbocycles. The number of halogens is 5. The highest BCUT2D eigenvalue weighted by molar-refractivity contribution is 6.32. The number of pyridine rings is 1. The zero-order valence-corrected chi connectivity index (χ0v) is 23.4. The van der Waals surface area contributed by atoms with Crippen LogP contribution in [0.15, 0.2) is 54.7 Å². The lowest BCUT2D eigenvalue weighted by Gasteiger charge is -2.39. The molecule has 0 radical (unpaired) electrons. The number of carbonyl (C=O) groups excluding carboxylic acids is 3. The Balaban J connectivity index is 1.66. The van der Waals surface area contributed by atoms with Gasteiger partial charge in [-0.3, -0.25) is 24.2 Å². The van der Waals surface area contributed by atoms with E-state index in [9.17, 15) is 37.2 Å². The smallest absolute Gasteiger partial charge is 0.252 e. The van der Waals surface area contributed by atoms with Crippen molar-refractivity contribution in [3.8, 4) is 6.07 Å². The highest BCUT2D eigenvalue weighted by Gasteiger charge is 2.49. The number of alkyl halides is 2. The number of nitrogens with one attached hydrogen (secondary N) is 1. The number of benzene rings is 2. The van der Waals surface area contributed by atoms with Crippen molar-refractivity contribution >= 4 is 40.8 Å². The maximum Gasteiger partial charge on any atom is 0.252 e. The van der Waals surface area contributed by atoms with Crippen molar-refractivity contribution in [2.24, 2.45) is 0 Å². The fraction of sp³-hybridized carbons (Fsp3) is 0.300. The topological polar surface area (TPSA) is 106 Å². The zero-order valence-electron chi connectivity index (χ0n) is 22.7. The number of carbonyl (C=O) groups is 3. The third-order valence-electron chi connectivity index (χ3n) is 7.47. The van der Waals surface area contributed by atoms with E-state index in [1.54, 1.807) is 19.1 Å². The largest absolute Gasteiger partial charge is 0.351 e. The summed E-state index contributed by atoms with van der Waals surface area (Å²) in [5, 5.41) is 11.9. The molecule has 222 valence electrons. The monoisotopic (exact) mass is 613 g/mol. The van der Waals surface area contributed by atoms with Crippen LogP contribution < -0.4 is 15.1 Å². The average molecular weight is 614 g/mol. The van der Waals surface area contributed by atoms with Crippen LogP contribution in [0.25, 0.3) is 0 Å². The minimum atomic E-state index is -2.97. The Hall–Kier alpha value is -4.50. The molecule has 1 saturated heterocycles. The molecule has 0 unspecified atom stereocenters. The maximum atomic E-state index is 14.6. The van der Waals surface area contributed by atoms with Crippen LogP contribution in [0.1, 0.15) is 48.4 Å². The van der Waals surface area contributed by atoms with Gasteiger partial charge in [0.15, 0.2) is 0 Å². The first-order chi connectivity index (χ1) is 20.4. The highest BCUT2D eigenvalue weighted by atomic mass is 35.5. The summed E-state index contributed by atoms with van der Waals surface area (Å²) in [4.78, 5) is 47.6. The van der Waals surface area contributed by atoms with Gasteiger partial charge >= 0.3 is 0 Å². The third kappa shape index (κ3) is 6.03. The highest BCUT2D eigenvalue weighted by Crippen LogP contribution is 2.40. The predicted octanol–water partition coefficient (Wildman–Crippen LogP) is 5.38. The molecule has 43 heavy (non-hydrogen) atoms. The molecule has 13 heteroatoms. The Morgan fingerprint density at radius 1 is 1.16 bits per heavy atom. The molecule has 1 aromatic heterocycles. The van der Waals surface area contributed by atoms with E-state index in [4.69, 9.17) is 11.6 Å². The lowest BCUT2D eigenvalue weighted by Crippen LogP contribution is -2.56. The van der Waals surface area contributed by atoms with E-state index in [1.807, 2.05) is 6.07 Å². The molecule has 2 aliphatic rings. The molecular weight excluding hydrogens is 590 g/mol. The Morgan fingerprint density at radius 3 is 2.49 bits per heavy atom. The van der Waals surface area contributed by atoms with Crippen molar-refractivity contribution in [2.75, 3.05) is 9.80 Å². The number of nitriles is 1.